The van der Waals surface area contributed by atoms with Gasteiger partial charge in [0, 0.05) is 19.1 Å². The van der Waals surface area contributed by atoms with Gasteiger partial charge < -0.3 is 15.3 Å². The number of amides is 1. The normalized spacial score (nSPS) is 31.2. The Morgan fingerprint density at radius 2 is 2.16 bits per heavy atom. The molecule has 2 N–H and O–H groups in total. The van der Waals surface area contributed by atoms with Gasteiger partial charge in [0.05, 0.1) is 12.1 Å². The van der Waals surface area contributed by atoms with Gasteiger partial charge in [0.25, 0.3) is 0 Å². The van der Waals surface area contributed by atoms with E-state index in [2.05, 4.69) is 12.2 Å². The minimum atomic E-state index is -0.603. The van der Waals surface area contributed by atoms with Crippen LogP contribution in [0.15, 0.2) is 0 Å². The quantitative estimate of drug-likeness (QED) is 0.768. The summed E-state index contributed by atoms with van der Waals surface area (Å²) in [6.45, 7) is 5.94. The van der Waals surface area contributed by atoms with Crippen molar-refractivity contribution in [2.45, 2.75) is 64.0 Å². The summed E-state index contributed by atoms with van der Waals surface area (Å²) in [6, 6.07) is 0.483. The Balaban J connectivity index is 1.71. The Morgan fingerprint density at radius 1 is 1.42 bits per heavy atom. The molecule has 2 aliphatic carbocycles. The summed E-state index contributed by atoms with van der Waals surface area (Å²) in [6.07, 6.45) is 6.33. The second kappa shape index (κ2) is 6.23. The molecule has 19 heavy (non-hydrogen) atoms. The van der Waals surface area contributed by atoms with Crippen molar-refractivity contribution in [3.8, 4) is 0 Å². The van der Waals surface area contributed by atoms with Crippen LogP contribution in [0.2, 0.25) is 0 Å². The number of carbonyl (C=O) groups is 1. The molecule has 0 heterocycles. The highest BCUT2D eigenvalue weighted by Gasteiger charge is 2.33. The number of rotatable bonds is 6. The summed E-state index contributed by atoms with van der Waals surface area (Å²) >= 11 is 0. The molecule has 2 saturated carbocycles. The van der Waals surface area contributed by atoms with Crippen molar-refractivity contribution in [2.24, 2.45) is 5.92 Å². The Labute approximate surface area is 116 Å². The molecule has 110 valence electrons. The van der Waals surface area contributed by atoms with Crippen LogP contribution in [0.5, 0.6) is 0 Å². The van der Waals surface area contributed by atoms with E-state index in [0.29, 0.717) is 25.0 Å². The van der Waals surface area contributed by atoms with Gasteiger partial charge in [0.2, 0.25) is 5.91 Å². The highest BCUT2D eigenvalue weighted by atomic mass is 16.3. The lowest BCUT2D eigenvalue weighted by atomic mass is 9.79. The van der Waals surface area contributed by atoms with Gasteiger partial charge >= 0.3 is 0 Å². The van der Waals surface area contributed by atoms with E-state index in [9.17, 15) is 9.90 Å². The van der Waals surface area contributed by atoms with Crippen molar-refractivity contribution >= 4 is 5.91 Å². The van der Waals surface area contributed by atoms with E-state index >= 15 is 0 Å². The van der Waals surface area contributed by atoms with E-state index in [-0.39, 0.29) is 5.91 Å². The topological polar surface area (TPSA) is 52.6 Å². The van der Waals surface area contributed by atoms with Crippen LogP contribution in [0.4, 0.5) is 0 Å². The highest BCUT2D eigenvalue weighted by Crippen LogP contribution is 2.31. The summed E-state index contributed by atoms with van der Waals surface area (Å²) in [7, 11) is 0. The van der Waals surface area contributed by atoms with Crippen LogP contribution in [-0.2, 0) is 4.79 Å². The largest absolute Gasteiger partial charge is 0.389 e. The molecule has 2 atom stereocenters. The lowest BCUT2D eigenvalue weighted by molar-refractivity contribution is -0.130. The SMILES string of the molecule is CCN(C(=O)CNCC1(O)CCCC(C)C1)C1CC1. The number of hydrogen-bond donors (Lipinski definition) is 2. The van der Waals surface area contributed by atoms with Crippen LogP contribution in [-0.4, -0.2) is 47.2 Å². The van der Waals surface area contributed by atoms with Gasteiger partial charge in [-0.25, -0.2) is 0 Å². The van der Waals surface area contributed by atoms with Gasteiger partial charge in [-0.15, -0.1) is 0 Å². The smallest absolute Gasteiger partial charge is 0.236 e. The van der Waals surface area contributed by atoms with Crippen molar-refractivity contribution in [1.82, 2.24) is 10.2 Å². The Morgan fingerprint density at radius 3 is 2.74 bits per heavy atom. The first-order chi connectivity index (χ1) is 9.04. The summed E-state index contributed by atoms with van der Waals surface area (Å²) in [5, 5.41) is 13.7. The molecule has 0 aromatic rings. The first kappa shape index (κ1) is 14.8. The maximum atomic E-state index is 12.0. The van der Waals surface area contributed by atoms with Crippen LogP contribution in [0, 0.1) is 5.92 Å². The molecular formula is C15H28N2O2. The zero-order valence-electron chi connectivity index (χ0n) is 12.3. The summed E-state index contributed by atoms with van der Waals surface area (Å²) in [5.41, 5.74) is -0.603. The van der Waals surface area contributed by atoms with Crippen LogP contribution < -0.4 is 5.32 Å². The minimum absolute atomic E-state index is 0.178. The first-order valence-corrected chi connectivity index (χ1v) is 7.76. The maximum absolute atomic E-state index is 12.0. The number of aliphatic hydroxyl groups is 1. The van der Waals surface area contributed by atoms with Gasteiger partial charge in [-0.3, -0.25) is 4.79 Å². The molecule has 2 unspecified atom stereocenters. The van der Waals surface area contributed by atoms with Crippen molar-refractivity contribution in [2.75, 3.05) is 19.6 Å². The standard InChI is InChI=1S/C15H28N2O2/c1-3-17(13-6-7-13)14(18)10-16-11-15(19)8-4-5-12(2)9-15/h12-13,16,19H,3-11H2,1-2H3. The van der Waals surface area contributed by atoms with E-state index in [1.807, 2.05) is 11.8 Å². The molecule has 2 rings (SSSR count). The predicted molar refractivity (Wildman–Crippen MR) is 75.9 cm³/mol. The maximum Gasteiger partial charge on any atom is 0.236 e. The van der Waals surface area contributed by atoms with Crippen molar-refractivity contribution < 1.29 is 9.90 Å². The molecule has 0 bridgehead atoms. The van der Waals surface area contributed by atoms with Gasteiger partial charge in [-0.1, -0.05) is 19.8 Å². The Kier molecular flexibility index (Phi) is 4.85. The second-order valence-electron chi connectivity index (χ2n) is 6.44. The van der Waals surface area contributed by atoms with Crippen LogP contribution in [0.1, 0.15) is 52.4 Å². The second-order valence-corrected chi connectivity index (χ2v) is 6.44. The number of hydrogen-bond acceptors (Lipinski definition) is 3. The number of nitrogens with zero attached hydrogens (tertiary/aromatic N) is 1. The fourth-order valence-electron chi connectivity index (χ4n) is 3.32. The highest BCUT2D eigenvalue weighted by molar-refractivity contribution is 5.78. The molecule has 4 heteroatoms. The average Bonchev–Trinajstić information content (AvgIpc) is 3.14. The summed E-state index contributed by atoms with van der Waals surface area (Å²) < 4.78 is 0. The molecule has 2 fully saturated rings. The third-order valence-corrected chi connectivity index (χ3v) is 4.45. The molecule has 1 amide bonds. The van der Waals surface area contributed by atoms with E-state index < -0.39 is 5.60 Å². The fraction of sp³-hybridized carbons (Fsp3) is 0.933. The molecule has 0 aliphatic heterocycles. The average molecular weight is 268 g/mol. The molecule has 0 radical (unpaired) electrons. The molecule has 0 saturated heterocycles. The van der Waals surface area contributed by atoms with E-state index in [1.54, 1.807) is 0 Å². The predicted octanol–water partition coefficient (Wildman–Crippen LogP) is 1.53. The Hall–Kier alpha value is -0.610. The van der Waals surface area contributed by atoms with Crippen LogP contribution >= 0.6 is 0 Å². The van der Waals surface area contributed by atoms with Gasteiger partial charge in [0.1, 0.15) is 0 Å². The molecule has 4 nitrogen and oxygen atoms in total. The monoisotopic (exact) mass is 268 g/mol. The van der Waals surface area contributed by atoms with E-state index in [1.165, 1.54) is 6.42 Å². The first-order valence-electron chi connectivity index (χ1n) is 7.76. The van der Waals surface area contributed by atoms with Gasteiger partial charge in [-0.2, -0.15) is 0 Å². The zero-order valence-corrected chi connectivity index (χ0v) is 12.3. The Bertz CT molecular complexity index is 317. The molecule has 0 aromatic carbocycles. The third-order valence-electron chi connectivity index (χ3n) is 4.45. The minimum Gasteiger partial charge on any atom is -0.389 e. The fourth-order valence-corrected chi connectivity index (χ4v) is 3.32. The third kappa shape index (κ3) is 4.18. The van der Waals surface area contributed by atoms with Crippen LogP contribution in [0.3, 0.4) is 0 Å². The number of carbonyl (C=O) groups excluding carboxylic acids is 1. The van der Waals surface area contributed by atoms with Gasteiger partial charge in [-0.05, 0) is 38.5 Å². The van der Waals surface area contributed by atoms with Crippen molar-refractivity contribution in [3.63, 3.8) is 0 Å². The summed E-state index contributed by atoms with van der Waals surface area (Å²) in [4.78, 5) is 14.0. The number of likely N-dealkylation sites (N-methyl/N-ethyl adjacent to an activating group) is 1. The van der Waals surface area contributed by atoms with Crippen molar-refractivity contribution in [3.05, 3.63) is 0 Å². The van der Waals surface area contributed by atoms with Crippen molar-refractivity contribution in [1.29, 1.82) is 0 Å². The van der Waals surface area contributed by atoms with Gasteiger partial charge in [0.15, 0.2) is 0 Å². The van der Waals surface area contributed by atoms with Crippen LogP contribution in [0.25, 0.3) is 0 Å². The zero-order chi connectivity index (χ0) is 13.9. The summed E-state index contributed by atoms with van der Waals surface area (Å²) in [5.74, 6) is 0.771. The van der Waals surface area contributed by atoms with E-state index in [4.69, 9.17) is 0 Å². The molecule has 0 spiro atoms. The lowest BCUT2D eigenvalue weighted by Gasteiger charge is -2.35. The molecule has 2 aliphatic rings. The molecule has 0 aromatic heterocycles. The lowest BCUT2D eigenvalue weighted by Crippen LogP contribution is -2.47. The number of nitrogens with one attached hydrogen (secondary N) is 1. The molecular weight excluding hydrogens is 240 g/mol. The van der Waals surface area contributed by atoms with E-state index in [0.717, 1.165) is 38.6 Å².